The van der Waals surface area contributed by atoms with Crippen molar-refractivity contribution in [2.24, 2.45) is 0 Å². The maximum Gasteiger partial charge on any atom is 0.274 e. The summed E-state index contributed by atoms with van der Waals surface area (Å²) in [6.45, 7) is 1.97. The van der Waals surface area contributed by atoms with E-state index in [4.69, 9.17) is 0 Å². The van der Waals surface area contributed by atoms with Crippen LogP contribution in [-0.4, -0.2) is 15.9 Å². The molecule has 3 aromatic rings. The first kappa shape index (κ1) is 18.4. The van der Waals surface area contributed by atoms with Crippen LogP contribution in [0.15, 0.2) is 48.7 Å². The third kappa shape index (κ3) is 4.05. The smallest absolute Gasteiger partial charge is 0.274 e. The molecule has 0 bridgehead atoms. The second-order valence-electron chi connectivity index (χ2n) is 5.58. The van der Waals surface area contributed by atoms with E-state index < -0.39 is 23.4 Å². The first-order valence-electron chi connectivity index (χ1n) is 8.12. The van der Waals surface area contributed by atoms with E-state index in [1.165, 1.54) is 12.3 Å². The van der Waals surface area contributed by atoms with E-state index in [0.29, 0.717) is 5.69 Å². The Morgan fingerprint density at radius 2 is 1.78 bits per heavy atom. The molecule has 2 aromatic carbocycles. The Morgan fingerprint density at radius 3 is 2.56 bits per heavy atom. The molecule has 1 heterocycles. The molecular formula is C19H15F3N4O. The fraction of sp³-hybridized carbons (Fsp3) is 0.105. The SMILES string of the molecule is CCc1ccccc1NC(=O)c1ccnc(Nc2ccc(F)c(F)c2F)n1. The van der Waals surface area contributed by atoms with Gasteiger partial charge in [-0.3, -0.25) is 4.79 Å². The van der Waals surface area contributed by atoms with Gasteiger partial charge in [-0.1, -0.05) is 25.1 Å². The number of para-hydroxylation sites is 1. The largest absolute Gasteiger partial charge is 0.322 e. The number of hydrogen-bond donors (Lipinski definition) is 2. The molecule has 0 saturated carbocycles. The third-order valence-electron chi connectivity index (χ3n) is 3.82. The maximum atomic E-state index is 13.8. The van der Waals surface area contributed by atoms with Gasteiger partial charge in [0, 0.05) is 11.9 Å². The van der Waals surface area contributed by atoms with E-state index in [2.05, 4.69) is 20.6 Å². The van der Waals surface area contributed by atoms with Crippen molar-refractivity contribution in [2.75, 3.05) is 10.6 Å². The molecular weight excluding hydrogens is 357 g/mol. The van der Waals surface area contributed by atoms with Crippen LogP contribution in [-0.2, 0) is 6.42 Å². The Balaban J connectivity index is 1.81. The Labute approximate surface area is 153 Å². The lowest BCUT2D eigenvalue weighted by Crippen LogP contribution is -2.16. The molecule has 0 spiro atoms. The summed E-state index contributed by atoms with van der Waals surface area (Å²) in [7, 11) is 0. The van der Waals surface area contributed by atoms with E-state index in [9.17, 15) is 18.0 Å². The lowest BCUT2D eigenvalue weighted by atomic mass is 10.1. The van der Waals surface area contributed by atoms with Crippen LogP contribution in [0.25, 0.3) is 0 Å². The zero-order valence-corrected chi connectivity index (χ0v) is 14.3. The number of hydrogen-bond acceptors (Lipinski definition) is 4. The molecule has 0 unspecified atom stereocenters. The second-order valence-corrected chi connectivity index (χ2v) is 5.58. The minimum atomic E-state index is -1.61. The summed E-state index contributed by atoms with van der Waals surface area (Å²) < 4.78 is 40.1. The number of nitrogens with one attached hydrogen (secondary N) is 2. The molecule has 0 radical (unpaired) electrons. The monoisotopic (exact) mass is 372 g/mol. The van der Waals surface area contributed by atoms with Gasteiger partial charge in [-0.15, -0.1) is 0 Å². The number of amides is 1. The summed E-state index contributed by atoms with van der Waals surface area (Å²) in [6.07, 6.45) is 2.04. The quantitative estimate of drug-likeness (QED) is 0.650. The van der Waals surface area contributed by atoms with E-state index in [0.717, 1.165) is 24.1 Å². The highest BCUT2D eigenvalue weighted by Crippen LogP contribution is 2.22. The van der Waals surface area contributed by atoms with Gasteiger partial charge in [-0.2, -0.15) is 0 Å². The van der Waals surface area contributed by atoms with E-state index >= 15 is 0 Å². The summed E-state index contributed by atoms with van der Waals surface area (Å²) >= 11 is 0. The van der Waals surface area contributed by atoms with Crippen LogP contribution in [0.5, 0.6) is 0 Å². The van der Waals surface area contributed by atoms with Crippen LogP contribution in [0.2, 0.25) is 0 Å². The van der Waals surface area contributed by atoms with Crippen LogP contribution in [0.3, 0.4) is 0 Å². The zero-order chi connectivity index (χ0) is 19.4. The molecule has 0 fully saturated rings. The van der Waals surface area contributed by atoms with Crippen molar-refractivity contribution in [2.45, 2.75) is 13.3 Å². The van der Waals surface area contributed by atoms with Gasteiger partial charge in [0.1, 0.15) is 5.69 Å². The Hall–Kier alpha value is -3.42. The minimum Gasteiger partial charge on any atom is -0.322 e. The summed E-state index contributed by atoms with van der Waals surface area (Å²) in [5.74, 6) is -4.92. The van der Waals surface area contributed by atoms with Gasteiger partial charge in [0.25, 0.3) is 5.91 Å². The van der Waals surface area contributed by atoms with Crippen LogP contribution in [0.1, 0.15) is 23.0 Å². The predicted octanol–water partition coefficient (Wildman–Crippen LogP) is 4.45. The minimum absolute atomic E-state index is 0.0291. The number of carbonyl (C=O) groups is 1. The molecule has 27 heavy (non-hydrogen) atoms. The summed E-state index contributed by atoms with van der Waals surface area (Å²) in [5.41, 5.74) is 1.30. The Morgan fingerprint density at radius 1 is 1.00 bits per heavy atom. The third-order valence-corrected chi connectivity index (χ3v) is 3.82. The molecule has 2 N–H and O–H groups in total. The van der Waals surface area contributed by atoms with Crippen molar-refractivity contribution in [1.82, 2.24) is 9.97 Å². The van der Waals surface area contributed by atoms with Gasteiger partial charge in [0.2, 0.25) is 5.95 Å². The van der Waals surface area contributed by atoms with Crippen molar-refractivity contribution >= 4 is 23.2 Å². The van der Waals surface area contributed by atoms with Gasteiger partial charge in [-0.05, 0) is 36.2 Å². The van der Waals surface area contributed by atoms with Crippen molar-refractivity contribution in [1.29, 1.82) is 0 Å². The lowest BCUT2D eigenvalue weighted by molar-refractivity contribution is 0.102. The van der Waals surface area contributed by atoms with Crippen LogP contribution >= 0.6 is 0 Å². The van der Waals surface area contributed by atoms with Gasteiger partial charge in [0.05, 0.1) is 5.69 Å². The van der Waals surface area contributed by atoms with Crippen molar-refractivity contribution in [3.8, 4) is 0 Å². The molecule has 0 atom stereocenters. The first-order chi connectivity index (χ1) is 13.0. The molecule has 138 valence electrons. The van der Waals surface area contributed by atoms with Crippen LogP contribution in [0.4, 0.5) is 30.5 Å². The number of aryl methyl sites for hydroxylation is 1. The van der Waals surface area contributed by atoms with Gasteiger partial charge < -0.3 is 10.6 Å². The van der Waals surface area contributed by atoms with E-state index in [1.807, 2.05) is 19.1 Å². The van der Waals surface area contributed by atoms with E-state index in [-0.39, 0.29) is 17.3 Å². The number of aromatic nitrogens is 2. The summed E-state index contributed by atoms with van der Waals surface area (Å²) in [5, 5.41) is 5.19. The fourth-order valence-electron chi connectivity index (χ4n) is 2.43. The molecule has 3 rings (SSSR count). The number of nitrogens with zero attached hydrogens (tertiary/aromatic N) is 2. The summed E-state index contributed by atoms with van der Waals surface area (Å²) in [6, 6.07) is 10.5. The fourth-order valence-corrected chi connectivity index (χ4v) is 2.43. The molecule has 0 saturated heterocycles. The number of carbonyl (C=O) groups excluding carboxylic acids is 1. The molecule has 0 aliphatic heterocycles. The second kappa shape index (κ2) is 7.86. The molecule has 0 aliphatic carbocycles. The van der Waals surface area contributed by atoms with Crippen molar-refractivity contribution < 1.29 is 18.0 Å². The van der Waals surface area contributed by atoms with Crippen LogP contribution in [0, 0.1) is 17.5 Å². The maximum absolute atomic E-state index is 13.8. The normalized spacial score (nSPS) is 10.5. The van der Waals surface area contributed by atoms with Gasteiger partial charge in [-0.25, -0.2) is 23.1 Å². The highest BCUT2D eigenvalue weighted by Gasteiger charge is 2.15. The number of anilines is 3. The molecule has 0 aliphatic rings. The van der Waals surface area contributed by atoms with E-state index in [1.54, 1.807) is 12.1 Å². The predicted molar refractivity (Wildman–Crippen MR) is 95.4 cm³/mol. The number of rotatable bonds is 5. The summed E-state index contributed by atoms with van der Waals surface area (Å²) in [4.78, 5) is 20.3. The highest BCUT2D eigenvalue weighted by molar-refractivity contribution is 6.03. The molecule has 5 nitrogen and oxygen atoms in total. The molecule has 1 amide bonds. The number of benzene rings is 2. The average molecular weight is 372 g/mol. The topological polar surface area (TPSA) is 66.9 Å². The highest BCUT2D eigenvalue weighted by atomic mass is 19.2. The first-order valence-corrected chi connectivity index (χ1v) is 8.12. The van der Waals surface area contributed by atoms with Crippen molar-refractivity contribution in [3.63, 3.8) is 0 Å². The Bertz CT molecular complexity index is 994. The van der Waals surface area contributed by atoms with Crippen LogP contribution < -0.4 is 10.6 Å². The zero-order valence-electron chi connectivity index (χ0n) is 14.3. The molecule has 1 aromatic heterocycles. The number of halogens is 3. The Kier molecular flexibility index (Phi) is 5.35. The standard InChI is InChI=1S/C19H15F3N4O/c1-2-11-5-3-4-6-13(11)24-18(27)15-9-10-23-19(26-15)25-14-8-7-12(20)16(21)17(14)22/h3-10H,2H2,1H3,(H,24,27)(H,23,25,26). The average Bonchev–Trinajstić information content (AvgIpc) is 2.69. The molecule has 8 heteroatoms. The lowest BCUT2D eigenvalue weighted by Gasteiger charge is -2.10. The van der Waals surface area contributed by atoms with Gasteiger partial charge in [0.15, 0.2) is 17.5 Å². The van der Waals surface area contributed by atoms with Gasteiger partial charge >= 0.3 is 0 Å². The van der Waals surface area contributed by atoms with Crippen molar-refractivity contribution in [3.05, 3.63) is 77.4 Å².